The second-order valence-electron chi connectivity index (χ2n) is 12.2. The molecule has 5 aromatic rings. The van der Waals surface area contributed by atoms with Gasteiger partial charge in [-0.2, -0.15) is 20.3 Å². The molecule has 11 nitrogen and oxygen atoms in total. The quantitative estimate of drug-likeness (QED) is 0.212. The Hall–Kier alpha value is -4.86. The number of ether oxygens (including phenoxy) is 1. The summed E-state index contributed by atoms with van der Waals surface area (Å²) in [6.07, 6.45) is 3.81. The number of piperazine rings is 1. The molecule has 2 aliphatic rings. The molecule has 7 rings (SSSR count). The summed E-state index contributed by atoms with van der Waals surface area (Å²) in [5.41, 5.74) is 1.91. The number of anilines is 1. The molecule has 3 aromatic heterocycles. The largest absolute Gasteiger partial charge is 0.462 e. The smallest absolute Gasteiger partial charge is 0.320 e. The van der Waals surface area contributed by atoms with Crippen molar-refractivity contribution in [1.29, 1.82) is 5.26 Å². The molecule has 47 heavy (non-hydrogen) atoms. The molecular weight excluding hydrogens is 621 g/mol. The monoisotopic (exact) mass is 653 g/mol. The lowest BCUT2D eigenvalue weighted by molar-refractivity contribution is -0.133. The molecule has 2 aromatic carbocycles. The highest BCUT2D eigenvalue weighted by molar-refractivity contribution is 6.36. The number of aromatic nitrogens is 5. The van der Waals surface area contributed by atoms with Gasteiger partial charge >= 0.3 is 6.01 Å². The highest BCUT2D eigenvalue weighted by Gasteiger charge is 2.38. The van der Waals surface area contributed by atoms with Crippen LogP contribution in [0.2, 0.25) is 5.02 Å². The minimum absolute atomic E-state index is 0.00653. The molecule has 0 bridgehead atoms. The third kappa shape index (κ3) is 5.49. The van der Waals surface area contributed by atoms with Gasteiger partial charge < -0.3 is 19.4 Å². The number of rotatable bonds is 7. The summed E-state index contributed by atoms with van der Waals surface area (Å²) in [7, 11) is 2.08. The zero-order chi connectivity index (χ0) is 32.8. The van der Waals surface area contributed by atoms with Crippen LogP contribution in [0.15, 0.2) is 61.1 Å². The van der Waals surface area contributed by atoms with Gasteiger partial charge in [0.25, 0.3) is 5.91 Å². The molecule has 0 N–H and O–H groups in total. The van der Waals surface area contributed by atoms with E-state index in [0.29, 0.717) is 46.4 Å². The van der Waals surface area contributed by atoms with E-state index in [4.69, 9.17) is 31.3 Å². The fourth-order valence-electron chi connectivity index (χ4n) is 6.98. The van der Waals surface area contributed by atoms with Crippen LogP contribution < -0.4 is 9.64 Å². The van der Waals surface area contributed by atoms with E-state index >= 15 is 0 Å². The molecule has 2 fully saturated rings. The average molecular weight is 654 g/mol. The Labute approximate surface area is 275 Å². The fraction of sp³-hybridized carbons (Fsp3) is 0.353. The van der Waals surface area contributed by atoms with Crippen LogP contribution in [0.1, 0.15) is 26.2 Å². The molecule has 0 saturated carbocycles. The van der Waals surface area contributed by atoms with Gasteiger partial charge in [-0.3, -0.25) is 4.79 Å². The van der Waals surface area contributed by atoms with Gasteiger partial charge in [0.05, 0.1) is 35.6 Å². The van der Waals surface area contributed by atoms with Crippen LogP contribution in [0.25, 0.3) is 38.7 Å². The van der Waals surface area contributed by atoms with Crippen molar-refractivity contribution in [3.63, 3.8) is 0 Å². The van der Waals surface area contributed by atoms with Crippen LogP contribution in [0.4, 0.5) is 10.2 Å². The van der Waals surface area contributed by atoms with Crippen molar-refractivity contribution in [3.8, 4) is 23.5 Å². The minimum atomic E-state index is -1.06. The Balaban J connectivity index is 1.41. The lowest BCUT2D eigenvalue weighted by Gasteiger charge is -2.45. The van der Waals surface area contributed by atoms with Gasteiger partial charge in [-0.15, -0.1) is 0 Å². The molecule has 0 unspecified atom stereocenters. The highest BCUT2D eigenvalue weighted by atomic mass is 35.5. The van der Waals surface area contributed by atoms with Gasteiger partial charge in [0.15, 0.2) is 17.3 Å². The third-order valence-corrected chi connectivity index (χ3v) is 9.52. The summed E-state index contributed by atoms with van der Waals surface area (Å²) in [5, 5.41) is 17.4. The van der Waals surface area contributed by atoms with Crippen molar-refractivity contribution in [2.75, 3.05) is 38.2 Å². The number of likely N-dealkylation sites (tertiary alicyclic amines) is 1. The van der Waals surface area contributed by atoms with Crippen molar-refractivity contribution < 1.29 is 13.9 Å². The van der Waals surface area contributed by atoms with E-state index in [-0.39, 0.29) is 25.0 Å². The molecule has 240 valence electrons. The van der Waals surface area contributed by atoms with E-state index in [1.165, 1.54) is 4.90 Å². The standard InChI is InChI=1S/C34H33ClFN9O2/c1-20-17-43(18-23(12-14-37)44(20)33(46)21(2)36)32-29-27-13-15-38-45(27)31(25-10-4-7-22-8-5-11-26(35)28(22)25)39-30(29)40-34(41-32)47-19-24-9-6-16-42(24)3/h4-5,7-8,10-11,13,15,20,23-24H,2,6,9,12,16-19H2,1,3H3/t20-,23-,24-/m0/s1. The molecule has 0 spiro atoms. The van der Waals surface area contributed by atoms with E-state index in [2.05, 4.69) is 29.7 Å². The topological polar surface area (TPSA) is 116 Å². The van der Waals surface area contributed by atoms with Crippen LogP contribution >= 0.6 is 11.6 Å². The van der Waals surface area contributed by atoms with Gasteiger partial charge in [-0.05, 0) is 50.9 Å². The van der Waals surface area contributed by atoms with Crippen LogP contribution in [0, 0.1) is 11.3 Å². The molecule has 3 atom stereocenters. The molecular formula is C34H33ClFN9O2. The van der Waals surface area contributed by atoms with Gasteiger partial charge in [-0.1, -0.05) is 48.5 Å². The van der Waals surface area contributed by atoms with E-state index in [0.717, 1.165) is 35.7 Å². The number of carbonyl (C=O) groups is 1. The first-order valence-corrected chi connectivity index (χ1v) is 16.0. The van der Waals surface area contributed by atoms with E-state index in [9.17, 15) is 14.4 Å². The number of hydrogen-bond donors (Lipinski definition) is 0. The van der Waals surface area contributed by atoms with Gasteiger partial charge in [0, 0.05) is 41.1 Å². The average Bonchev–Trinajstić information content (AvgIpc) is 3.71. The normalized spacial score (nSPS) is 20.3. The number of amides is 1. The first-order valence-electron chi connectivity index (χ1n) is 15.6. The van der Waals surface area contributed by atoms with E-state index in [1.807, 2.05) is 54.3 Å². The maximum Gasteiger partial charge on any atom is 0.320 e. The third-order valence-electron chi connectivity index (χ3n) is 9.21. The summed E-state index contributed by atoms with van der Waals surface area (Å²) in [6, 6.07) is 15.1. The number of hydrogen-bond acceptors (Lipinski definition) is 9. The molecule has 2 aliphatic heterocycles. The van der Waals surface area contributed by atoms with Crippen molar-refractivity contribution in [2.24, 2.45) is 0 Å². The van der Waals surface area contributed by atoms with Gasteiger partial charge in [-0.25, -0.2) is 13.9 Å². The SMILES string of the molecule is C=C(F)C(=O)N1[C@@H](CC#N)CN(c2nc(OC[C@@H]3CCCN3C)nc3nc(-c4cccc5cccc(Cl)c45)n4nccc4c23)C[C@@H]1C. The fourth-order valence-corrected chi connectivity index (χ4v) is 7.26. The van der Waals surface area contributed by atoms with Crippen LogP contribution in [0.5, 0.6) is 6.01 Å². The molecule has 0 radical (unpaired) electrons. The molecule has 5 heterocycles. The second-order valence-corrected chi connectivity index (χ2v) is 12.6. The van der Waals surface area contributed by atoms with Crippen LogP contribution in [-0.4, -0.2) is 91.7 Å². The van der Waals surface area contributed by atoms with E-state index in [1.54, 1.807) is 10.7 Å². The Morgan fingerprint density at radius 3 is 2.68 bits per heavy atom. The van der Waals surface area contributed by atoms with Crippen molar-refractivity contribution >= 4 is 50.6 Å². The van der Waals surface area contributed by atoms with Gasteiger partial charge in [0.1, 0.15) is 12.4 Å². The van der Waals surface area contributed by atoms with Gasteiger partial charge in [0.2, 0.25) is 0 Å². The molecule has 2 saturated heterocycles. The summed E-state index contributed by atoms with van der Waals surface area (Å²) >= 11 is 6.74. The van der Waals surface area contributed by atoms with E-state index < -0.39 is 23.8 Å². The van der Waals surface area contributed by atoms with Crippen molar-refractivity contribution in [2.45, 2.75) is 44.3 Å². The second kappa shape index (κ2) is 12.4. The lowest BCUT2D eigenvalue weighted by Crippen LogP contribution is -2.60. The Morgan fingerprint density at radius 1 is 1.13 bits per heavy atom. The highest BCUT2D eigenvalue weighted by Crippen LogP contribution is 2.37. The van der Waals surface area contributed by atoms with Crippen molar-refractivity contribution in [1.82, 2.24) is 34.4 Å². The van der Waals surface area contributed by atoms with Crippen LogP contribution in [0.3, 0.4) is 0 Å². The molecule has 1 amide bonds. The number of likely N-dealkylation sites (N-methyl/N-ethyl adjacent to an activating group) is 1. The minimum Gasteiger partial charge on any atom is -0.462 e. The first kappa shape index (κ1) is 30.8. The summed E-state index contributed by atoms with van der Waals surface area (Å²) in [4.78, 5) is 33.3. The summed E-state index contributed by atoms with van der Waals surface area (Å²) in [6.45, 7) is 7.00. The number of nitrogens with zero attached hydrogens (tertiary/aromatic N) is 9. The maximum absolute atomic E-state index is 14.1. The zero-order valence-electron chi connectivity index (χ0n) is 26.1. The Morgan fingerprint density at radius 2 is 1.94 bits per heavy atom. The number of benzene rings is 2. The molecule has 0 aliphatic carbocycles. The van der Waals surface area contributed by atoms with Crippen LogP contribution in [-0.2, 0) is 4.79 Å². The Bertz CT molecular complexity index is 2070. The predicted octanol–water partition coefficient (Wildman–Crippen LogP) is 5.42. The Kier molecular flexibility index (Phi) is 8.11. The number of halogens is 2. The zero-order valence-corrected chi connectivity index (χ0v) is 26.9. The summed E-state index contributed by atoms with van der Waals surface area (Å²) in [5.74, 6) is -0.784. The number of carbonyl (C=O) groups excluding carboxylic acids is 1. The maximum atomic E-state index is 14.1. The van der Waals surface area contributed by atoms with Crippen molar-refractivity contribution in [3.05, 3.63) is 66.1 Å². The number of nitriles is 1. The first-order chi connectivity index (χ1) is 22.7. The predicted molar refractivity (Wildman–Crippen MR) is 178 cm³/mol. The number of fused-ring (bicyclic) bond motifs is 4. The lowest BCUT2D eigenvalue weighted by atomic mass is 10.0. The molecule has 13 heteroatoms. The summed E-state index contributed by atoms with van der Waals surface area (Å²) < 4.78 is 22.1.